The molecule has 0 radical (unpaired) electrons. The highest BCUT2D eigenvalue weighted by Gasteiger charge is 2.23. The van der Waals surface area contributed by atoms with Gasteiger partial charge >= 0.3 is 0 Å². The molecule has 1 fully saturated rings. The molecule has 2 N–H and O–H groups in total. The molecule has 6 nitrogen and oxygen atoms in total. The molecule has 0 spiro atoms. The van der Waals surface area contributed by atoms with Crippen molar-refractivity contribution in [2.24, 2.45) is 4.99 Å². The van der Waals surface area contributed by atoms with E-state index >= 15 is 0 Å². The fourth-order valence-electron chi connectivity index (χ4n) is 2.92. The van der Waals surface area contributed by atoms with E-state index in [0.29, 0.717) is 12.6 Å². The molecule has 2 heterocycles. The monoisotopic (exact) mass is 324 g/mol. The van der Waals surface area contributed by atoms with Crippen LogP contribution in [0.3, 0.4) is 0 Å². The molecule has 0 bridgehead atoms. The van der Waals surface area contributed by atoms with Gasteiger partial charge in [-0.15, -0.1) is 0 Å². The molecule has 3 rings (SSSR count). The highest BCUT2D eigenvalue weighted by molar-refractivity contribution is 5.80. The van der Waals surface area contributed by atoms with Gasteiger partial charge in [0.05, 0.1) is 12.2 Å². The number of nitrogens with one attached hydrogen (secondary N) is 2. The lowest BCUT2D eigenvalue weighted by Gasteiger charge is -2.20. The summed E-state index contributed by atoms with van der Waals surface area (Å²) in [5, 5.41) is 6.83. The van der Waals surface area contributed by atoms with Crippen molar-refractivity contribution in [3.63, 3.8) is 0 Å². The van der Waals surface area contributed by atoms with E-state index in [0.717, 1.165) is 37.0 Å². The molecular formula is C18H24N6. The molecule has 126 valence electrons. The summed E-state index contributed by atoms with van der Waals surface area (Å²) in [4.78, 5) is 15.2. The minimum absolute atomic E-state index is 0.392. The zero-order valence-corrected chi connectivity index (χ0v) is 14.2. The predicted molar refractivity (Wildman–Crippen MR) is 97.2 cm³/mol. The van der Waals surface area contributed by atoms with Gasteiger partial charge in [-0.05, 0) is 31.5 Å². The Morgan fingerprint density at radius 3 is 2.88 bits per heavy atom. The topological polar surface area (TPSA) is 65.4 Å². The van der Waals surface area contributed by atoms with Crippen LogP contribution in [0.2, 0.25) is 0 Å². The first kappa shape index (κ1) is 16.2. The zero-order chi connectivity index (χ0) is 16.8. The van der Waals surface area contributed by atoms with Crippen molar-refractivity contribution in [1.29, 1.82) is 0 Å². The fraction of sp³-hybridized carbons (Fsp3) is 0.389. The molecule has 24 heavy (non-hydrogen) atoms. The van der Waals surface area contributed by atoms with Crippen LogP contribution in [0.4, 0.5) is 5.69 Å². The predicted octanol–water partition coefficient (Wildman–Crippen LogP) is 1.73. The summed E-state index contributed by atoms with van der Waals surface area (Å²) in [6, 6.07) is 12.8. The Hall–Kier alpha value is -2.63. The molecule has 0 saturated carbocycles. The van der Waals surface area contributed by atoms with Gasteiger partial charge in [0.15, 0.2) is 5.96 Å². The fourth-order valence-corrected chi connectivity index (χ4v) is 2.92. The number of guanidine groups is 1. The Morgan fingerprint density at radius 1 is 1.29 bits per heavy atom. The highest BCUT2D eigenvalue weighted by Crippen LogP contribution is 2.19. The Kier molecular flexibility index (Phi) is 5.25. The molecule has 1 aliphatic rings. The van der Waals surface area contributed by atoms with Crippen LogP contribution in [0.15, 0.2) is 47.6 Å². The van der Waals surface area contributed by atoms with Crippen LogP contribution in [-0.4, -0.2) is 42.1 Å². The van der Waals surface area contributed by atoms with Crippen LogP contribution in [0.25, 0.3) is 0 Å². The molecule has 0 aliphatic carbocycles. The van der Waals surface area contributed by atoms with Crippen molar-refractivity contribution in [2.75, 3.05) is 25.0 Å². The molecule has 6 heteroatoms. The first-order valence-corrected chi connectivity index (χ1v) is 8.30. The third-order valence-corrected chi connectivity index (χ3v) is 4.14. The maximum Gasteiger partial charge on any atom is 0.191 e. The molecule has 1 aromatic heterocycles. The van der Waals surface area contributed by atoms with Gasteiger partial charge in [-0.3, -0.25) is 4.99 Å². The molecule has 1 aromatic carbocycles. The molecule has 1 aliphatic heterocycles. The Morgan fingerprint density at radius 2 is 2.12 bits per heavy atom. The van der Waals surface area contributed by atoms with Gasteiger partial charge in [-0.1, -0.05) is 18.2 Å². The first-order valence-electron chi connectivity index (χ1n) is 8.30. The van der Waals surface area contributed by atoms with E-state index in [4.69, 9.17) is 0 Å². The van der Waals surface area contributed by atoms with E-state index in [1.54, 1.807) is 13.2 Å². The number of hydrogen-bond acceptors (Lipinski definition) is 4. The van der Waals surface area contributed by atoms with E-state index in [-0.39, 0.29) is 0 Å². The van der Waals surface area contributed by atoms with Crippen molar-refractivity contribution >= 4 is 11.6 Å². The zero-order valence-electron chi connectivity index (χ0n) is 14.2. The largest absolute Gasteiger partial charge is 0.369 e. The van der Waals surface area contributed by atoms with E-state index in [1.165, 1.54) is 5.69 Å². The lowest BCUT2D eigenvalue weighted by Crippen LogP contribution is -2.44. The second-order valence-electron chi connectivity index (χ2n) is 5.93. The summed E-state index contributed by atoms with van der Waals surface area (Å²) in [6.45, 7) is 4.58. The Labute approximate surface area is 143 Å². The standard InChI is InChI=1S/C18H24N6/c1-14-20-10-8-15(22-14)12-21-18(19-2)23-16-9-11-24(13-16)17-6-4-3-5-7-17/h3-8,10,16H,9,11-13H2,1-2H3,(H2,19,21,23). The number of aliphatic imine (C=N–C) groups is 1. The summed E-state index contributed by atoms with van der Waals surface area (Å²) in [7, 11) is 1.80. The molecule has 0 amide bonds. The number of hydrogen-bond donors (Lipinski definition) is 2. The number of anilines is 1. The van der Waals surface area contributed by atoms with Gasteiger partial charge in [-0.2, -0.15) is 0 Å². The van der Waals surface area contributed by atoms with Crippen molar-refractivity contribution in [3.8, 4) is 0 Å². The smallest absolute Gasteiger partial charge is 0.191 e. The van der Waals surface area contributed by atoms with Crippen molar-refractivity contribution in [2.45, 2.75) is 25.9 Å². The van der Waals surface area contributed by atoms with Crippen LogP contribution in [0.5, 0.6) is 0 Å². The van der Waals surface area contributed by atoms with Crippen molar-refractivity contribution < 1.29 is 0 Å². The van der Waals surface area contributed by atoms with E-state index in [9.17, 15) is 0 Å². The Bertz CT molecular complexity index is 685. The number of aryl methyl sites for hydroxylation is 1. The number of rotatable bonds is 4. The minimum atomic E-state index is 0.392. The number of nitrogens with zero attached hydrogens (tertiary/aromatic N) is 4. The number of aromatic nitrogens is 2. The lowest BCUT2D eigenvalue weighted by molar-refractivity contribution is 0.646. The second kappa shape index (κ2) is 7.77. The minimum Gasteiger partial charge on any atom is -0.369 e. The number of benzene rings is 1. The summed E-state index contributed by atoms with van der Waals surface area (Å²) in [6.07, 6.45) is 2.88. The second-order valence-corrected chi connectivity index (χ2v) is 5.93. The molecule has 1 atom stereocenters. The number of para-hydroxylation sites is 1. The highest BCUT2D eigenvalue weighted by atomic mass is 15.2. The molecular weight excluding hydrogens is 300 g/mol. The molecule has 1 unspecified atom stereocenters. The van der Waals surface area contributed by atoms with E-state index in [2.05, 4.69) is 60.8 Å². The Balaban J connectivity index is 1.51. The molecule has 2 aromatic rings. The van der Waals surface area contributed by atoms with Crippen molar-refractivity contribution in [1.82, 2.24) is 20.6 Å². The van der Waals surface area contributed by atoms with E-state index in [1.807, 2.05) is 13.0 Å². The average Bonchev–Trinajstić information content (AvgIpc) is 3.08. The lowest BCUT2D eigenvalue weighted by atomic mass is 10.2. The van der Waals surface area contributed by atoms with Gasteiger partial charge in [0, 0.05) is 38.1 Å². The third-order valence-electron chi connectivity index (χ3n) is 4.14. The van der Waals surface area contributed by atoms with Crippen LogP contribution in [0.1, 0.15) is 17.9 Å². The summed E-state index contributed by atoms with van der Waals surface area (Å²) < 4.78 is 0. The third kappa shape index (κ3) is 4.22. The van der Waals surface area contributed by atoms with Crippen LogP contribution >= 0.6 is 0 Å². The van der Waals surface area contributed by atoms with E-state index < -0.39 is 0 Å². The van der Waals surface area contributed by atoms with Gasteiger partial charge in [0.1, 0.15) is 5.82 Å². The quantitative estimate of drug-likeness (QED) is 0.662. The van der Waals surface area contributed by atoms with Gasteiger partial charge in [-0.25, -0.2) is 9.97 Å². The van der Waals surface area contributed by atoms with Gasteiger partial charge in [0.25, 0.3) is 0 Å². The first-order chi connectivity index (χ1) is 11.7. The van der Waals surface area contributed by atoms with Crippen LogP contribution in [0, 0.1) is 6.92 Å². The maximum atomic E-state index is 4.40. The average molecular weight is 324 g/mol. The van der Waals surface area contributed by atoms with Gasteiger partial charge < -0.3 is 15.5 Å². The summed E-state index contributed by atoms with van der Waals surface area (Å²) >= 11 is 0. The normalized spacial score (nSPS) is 17.8. The van der Waals surface area contributed by atoms with Crippen molar-refractivity contribution in [3.05, 3.63) is 54.1 Å². The summed E-state index contributed by atoms with van der Waals surface area (Å²) in [5.74, 6) is 1.60. The van der Waals surface area contributed by atoms with Crippen LogP contribution < -0.4 is 15.5 Å². The van der Waals surface area contributed by atoms with Crippen LogP contribution in [-0.2, 0) is 6.54 Å². The van der Waals surface area contributed by atoms with Gasteiger partial charge in [0.2, 0.25) is 0 Å². The summed E-state index contributed by atoms with van der Waals surface area (Å²) in [5.41, 5.74) is 2.24. The SMILES string of the molecule is CN=C(NCc1ccnc(C)n1)NC1CCN(c2ccccc2)C1. The molecule has 1 saturated heterocycles. The maximum absolute atomic E-state index is 4.40.